The van der Waals surface area contributed by atoms with Crippen molar-refractivity contribution in [3.8, 4) is 0 Å². The van der Waals surface area contributed by atoms with Gasteiger partial charge in [0.1, 0.15) is 5.69 Å². The van der Waals surface area contributed by atoms with Crippen molar-refractivity contribution < 1.29 is 0 Å². The maximum absolute atomic E-state index is 11.9. The molecule has 0 spiro atoms. The van der Waals surface area contributed by atoms with E-state index in [2.05, 4.69) is 22.2 Å². The molecule has 1 aromatic carbocycles. The number of nitrogen functional groups attached to an aromatic ring is 1. The van der Waals surface area contributed by atoms with Crippen LogP contribution in [0.5, 0.6) is 0 Å². The molecule has 0 atom stereocenters. The monoisotopic (exact) mass is 292 g/mol. The lowest BCUT2D eigenvalue weighted by Gasteiger charge is -2.10. The van der Waals surface area contributed by atoms with Crippen molar-refractivity contribution in [2.24, 2.45) is 0 Å². The molecule has 0 saturated carbocycles. The molecule has 0 aliphatic carbocycles. The first-order valence-corrected chi connectivity index (χ1v) is 8.10. The number of anilines is 2. The first-order chi connectivity index (χ1) is 9.65. The highest BCUT2D eigenvalue weighted by Crippen LogP contribution is 2.23. The van der Waals surface area contributed by atoms with Crippen LogP contribution in [0.2, 0.25) is 0 Å². The number of hydrogen-bond acceptors (Lipinski definition) is 5. The molecule has 0 amide bonds. The number of aryl methyl sites for hydroxylation is 1. The zero-order valence-corrected chi connectivity index (χ0v) is 12.6. The minimum atomic E-state index is -0.125. The van der Waals surface area contributed by atoms with Crippen molar-refractivity contribution in [2.45, 2.75) is 19.8 Å². The summed E-state index contributed by atoms with van der Waals surface area (Å²) >= 11 is 1.70. The number of fused-ring (bicyclic) bond motifs is 1. The fourth-order valence-electron chi connectivity index (χ4n) is 1.97. The number of nitrogens with one attached hydrogen (secondary N) is 2. The summed E-state index contributed by atoms with van der Waals surface area (Å²) in [5.41, 5.74) is 9.39. The number of hydrogen-bond donors (Lipinski definition) is 3. The molecule has 0 aliphatic heterocycles. The highest BCUT2D eigenvalue weighted by atomic mass is 32.2. The highest BCUT2D eigenvalue weighted by molar-refractivity contribution is 7.98. The Morgan fingerprint density at radius 1 is 1.45 bits per heavy atom. The first-order valence-electron chi connectivity index (χ1n) is 6.71. The fraction of sp³-hybridized carbons (Fsp3) is 0.429. The largest absolute Gasteiger partial charge is 0.397 e. The van der Waals surface area contributed by atoms with Crippen molar-refractivity contribution >= 4 is 34.2 Å². The van der Waals surface area contributed by atoms with Gasteiger partial charge in [-0.25, -0.2) is 4.98 Å². The molecule has 2 rings (SSSR count). The standard InChI is InChI=1S/C14H20N4OS/c1-3-5-16-11-8-13-12(7-9(11)15)18-14(19)10(17-13)4-6-20-2/h7-8,16H,3-6,15H2,1-2H3,(H,18,19). The van der Waals surface area contributed by atoms with Gasteiger partial charge in [-0.05, 0) is 30.6 Å². The van der Waals surface area contributed by atoms with E-state index >= 15 is 0 Å². The summed E-state index contributed by atoms with van der Waals surface area (Å²) in [5.74, 6) is 0.886. The molecule has 0 saturated heterocycles. The van der Waals surface area contributed by atoms with Crippen LogP contribution < -0.4 is 16.6 Å². The average molecular weight is 292 g/mol. The van der Waals surface area contributed by atoms with Gasteiger partial charge < -0.3 is 16.0 Å². The lowest BCUT2D eigenvalue weighted by Crippen LogP contribution is -2.16. The van der Waals surface area contributed by atoms with Crippen molar-refractivity contribution in [3.63, 3.8) is 0 Å². The van der Waals surface area contributed by atoms with Gasteiger partial charge in [0, 0.05) is 13.0 Å². The number of thioether (sulfide) groups is 1. The van der Waals surface area contributed by atoms with Gasteiger partial charge in [-0.3, -0.25) is 4.79 Å². The Labute approximate surface area is 122 Å². The van der Waals surface area contributed by atoms with Crippen molar-refractivity contribution in [2.75, 3.05) is 29.6 Å². The molecule has 20 heavy (non-hydrogen) atoms. The van der Waals surface area contributed by atoms with E-state index in [4.69, 9.17) is 5.73 Å². The summed E-state index contributed by atoms with van der Waals surface area (Å²) < 4.78 is 0. The van der Waals surface area contributed by atoms with Gasteiger partial charge in [-0.2, -0.15) is 11.8 Å². The third-order valence-electron chi connectivity index (χ3n) is 3.04. The van der Waals surface area contributed by atoms with Gasteiger partial charge >= 0.3 is 0 Å². The minimum Gasteiger partial charge on any atom is -0.397 e. The molecular weight excluding hydrogens is 272 g/mol. The molecule has 108 valence electrons. The number of aromatic nitrogens is 2. The lowest BCUT2D eigenvalue weighted by molar-refractivity contribution is 0.979. The number of nitrogens with two attached hydrogens (primary N) is 1. The van der Waals surface area contributed by atoms with E-state index < -0.39 is 0 Å². The average Bonchev–Trinajstić information content (AvgIpc) is 2.43. The van der Waals surface area contributed by atoms with Gasteiger partial charge in [0.05, 0.1) is 22.4 Å². The zero-order valence-electron chi connectivity index (χ0n) is 11.8. The number of nitrogens with zero attached hydrogens (tertiary/aromatic N) is 1. The lowest BCUT2D eigenvalue weighted by atomic mass is 10.2. The molecule has 0 bridgehead atoms. The van der Waals surface area contributed by atoms with E-state index in [-0.39, 0.29) is 5.56 Å². The van der Waals surface area contributed by atoms with Gasteiger partial charge in [0.15, 0.2) is 0 Å². The Hall–Kier alpha value is -1.69. The summed E-state index contributed by atoms with van der Waals surface area (Å²) in [6.45, 7) is 2.96. The predicted octanol–water partition coefficient (Wildman–Crippen LogP) is 2.23. The third kappa shape index (κ3) is 3.25. The molecule has 1 heterocycles. The maximum atomic E-state index is 11.9. The van der Waals surface area contributed by atoms with Gasteiger partial charge in [0.25, 0.3) is 5.56 Å². The first kappa shape index (κ1) is 14.7. The number of rotatable bonds is 6. The fourth-order valence-corrected chi connectivity index (χ4v) is 2.37. The Morgan fingerprint density at radius 3 is 2.95 bits per heavy atom. The van der Waals surface area contributed by atoms with Gasteiger partial charge in [-0.15, -0.1) is 0 Å². The highest BCUT2D eigenvalue weighted by Gasteiger charge is 2.07. The quantitative estimate of drug-likeness (QED) is 0.711. The molecule has 0 radical (unpaired) electrons. The predicted molar refractivity (Wildman–Crippen MR) is 87.6 cm³/mol. The third-order valence-corrected chi connectivity index (χ3v) is 3.65. The van der Waals surface area contributed by atoms with Gasteiger partial charge in [-0.1, -0.05) is 6.92 Å². The van der Waals surface area contributed by atoms with Gasteiger partial charge in [0.2, 0.25) is 0 Å². The maximum Gasteiger partial charge on any atom is 0.270 e. The Bertz CT molecular complexity index is 653. The van der Waals surface area contributed by atoms with E-state index in [1.807, 2.05) is 12.3 Å². The smallest absolute Gasteiger partial charge is 0.270 e. The Balaban J connectivity index is 2.43. The SMILES string of the molecule is CCCNc1cc2nc(CCSC)c(=O)[nH]c2cc1N. The second kappa shape index (κ2) is 6.65. The van der Waals surface area contributed by atoms with E-state index in [1.54, 1.807) is 17.8 Å². The van der Waals surface area contributed by atoms with E-state index in [9.17, 15) is 4.79 Å². The Morgan fingerprint density at radius 2 is 2.25 bits per heavy atom. The van der Waals surface area contributed by atoms with E-state index in [0.29, 0.717) is 23.3 Å². The molecule has 0 aliphatic rings. The summed E-state index contributed by atoms with van der Waals surface area (Å²) in [6.07, 6.45) is 3.72. The number of benzene rings is 1. The van der Waals surface area contributed by atoms with Crippen LogP contribution in [0.1, 0.15) is 19.0 Å². The number of aromatic amines is 1. The van der Waals surface area contributed by atoms with E-state index in [0.717, 1.165) is 29.9 Å². The summed E-state index contributed by atoms with van der Waals surface area (Å²) in [5, 5.41) is 3.27. The molecule has 2 aromatic rings. The summed E-state index contributed by atoms with van der Waals surface area (Å²) in [6, 6.07) is 3.67. The second-order valence-corrected chi connectivity index (χ2v) is 5.62. The van der Waals surface area contributed by atoms with Crippen LogP contribution in [0.15, 0.2) is 16.9 Å². The molecule has 5 nitrogen and oxygen atoms in total. The minimum absolute atomic E-state index is 0.125. The van der Waals surface area contributed by atoms with Crippen molar-refractivity contribution in [1.82, 2.24) is 9.97 Å². The van der Waals surface area contributed by atoms with Crippen LogP contribution in [0, 0.1) is 0 Å². The van der Waals surface area contributed by atoms with Crippen molar-refractivity contribution in [1.29, 1.82) is 0 Å². The molecule has 0 fully saturated rings. The van der Waals surface area contributed by atoms with Crippen LogP contribution in [0.25, 0.3) is 11.0 Å². The zero-order chi connectivity index (χ0) is 14.5. The van der Waals surface area contributed by atoms with Crippen LogP contribution in [0.4, 0.5) is 11.4 Å². The molecular formula is C14H20N4OS. The topological polar surface area (TPSA) is 83.8 Å². The molecule has 4 N–H and O–H groups in total. The van der Waals surface area contributed by atoms with Crippen LogP contribution in [-0.4, -0.2) is 28.5 Å². The van der Waals surface area contributed by atoms with E-state index in [1.165, 1.54) is 0 Å². The Kier molecular flexibility index (Phi) is 4.89. The van der Waals surface area contributed by atoms with Crippen LogP contribution in [-0.2, 0) is 6.42 Å². The van der Waals surface area contributed by atoms with Crippen LogP contribution >= 0.6 is 11.8 Å². The van der Waals surface area contributed by atoms with Crippen molar-refractivity contribution in [3.05, 3.63) is 28.2 Å². The normalized spacial score (nSPS) is 10.9. The summed E-state index contributed by atoms with van der Waals surface area (Å²) in [7, 11) is 0. The van der Waals surface area contributed by atoms with Crippen LogP contribution in [0.3, 0.4) is 0 Å². The summed E-state index contributed by atoms with van der Waals surface area (Å²) in [4.78, 5) is 19.2. The molecule has 0 unspecified atom stereocenters. The molecule has 6 heteroatoms. The second-order valence-electron chi connectivity index (χ2n) is 4.64. The number of H-pyrrole nitrogens is 1. The molecule has 1 aromatic heterocycles.